The molecule has 13 nitrogen and oxygen atoms in total. The normalized spacial score (nSPS) is 16.9. The van der Waals surface area contributed by atoms with Crippen molar-refractivity contribution in [1.82, 2.24) is 24.9 Å². The molecule has 0 aliphatic carbocycles. The van der Waals surface area contributed by atoms with Crippen LogP contribution in [0.5, 0.6) is 5.75 Å². The Morgan fingerprint density at radius 3 is 2.44 bits per heavy atom. The molecule has 0 unspecified atom stereocenters. The highest BCUT2D eigenvalue weighted by Crippen LogP contribution is 2.30. The van der Waals surface area contributed by atoms with Crippen LogP contribution in [0.15, 0.2) is 54.9 Å². The highest BCUT2D eigenvalue weighted by Gasteiger charge is 2.37. The van der Waals surface area contributed by atoms with Crippen molar-refractivity contribution >= 4 is 26.0 Å². The molecule has 0 saturated carbocycles. The Hall–Kier alpha value is -4.24. The maximum absolute atomic E-state index is 13.5. The minimum atomic E-state index is -1.15. The summed E-state index contributed by atoms with van der Waals surface area (Å²) in [4.78, 5) is 42.5. The number of amides is 3. The van der Waals surface area contributed by atoms with E-state index in [1.807, 2.05) is 24.4 Å². The van der Waals surface area contributed by atoms with E-state index in [9.17, 15) is 19.5 Å². The smallest absolute Gasteiger partial charge is 0.410 e. The van der Waals surface area contributed by atoms with Crippen LogP contribution in [0.4, 0.5) is 4.79 Å². The molecule has 0 bridgehead atoms. The Morgan fingerprint density at radius 2 is 1.75 bits per heavy atom. The minimum absolute atomic E-state index is 0.0924. The number of carbonyl (C=O) groups is 3. The molecule has 52 heavy (non-hydrogen) atoms. The average molecular weight is 736 g/mol. The van der Waals surface area contributed by atoms with Crippen LogP contribution in [-0.4, -0.2) is 108 Å². The highest BCUT2D eigenvalue weighted by molar-refractivity contribution is 6.76. The molecule has 2 aliphatic rings. The molecule has 1 saturated heterocycles. The fourth-order valence-corrected chi connectivity index (χ4v) is 6.70. The number of benzene rings is 2. The monoisotopic (exact) mass is 735 g/mol. The van der Waals surface area contributed by atoms with Gasteiger partial charge in [0.1, 0.15) is 24.7 Å². The van der Waals surface area contributed by atoms with E-state index in [2.05, 4.69) is 30.1 Å². The maximum Gasteiger partial charge on any atom is 0.410 e. The minimum Gasteiger partial charge on any atom is -0.489 e. The molecule has 5 rings (SSSR count). The Bertz CT molecular complexity index is 1680. The summed E-state index contributed by atoms with van der Waals surface area (Å²) in [5, 5.41) is 18.6. The van der Waals surface area contributed by atoms with Gasteiger partial charge in [0, 0.05) is 63.7 Å². The zero-order valence-electron chi connectivity index (χ0n) is 31.2. The number of carbonyl (C=O) groups excluding carboxylic acids is 3. The first-order chi connectivity index (χ1) is 24.6. The van der Waals surface area contributed by atoms with Crippen LogP contribution in [-0.2, 0) is 40.5 Å². The van der Waals surface area contributed by atoms with Gasteiger partial charge in [0.15, 0.2) is 0 Å². The first-order valence-electron chi connectivity index (χ1n) is 17.9. The third kappa shape index (κ3) is 11.1. The number of aromatic nitrogens is 2. The molecule has 1 fully saturated rings. The summed E-state index contributed by atoms with van der Waals surface area (Å²) in [6, 6.07) is 12.6. The molecule has 0 radical (unpaired) electrons. The molecule has 2 atom stereocenters. The van der Waals surface area contributed by atoms with Crippen molar-refractivity contribution in [2.45, 2.75) is 90.5 Å². The summed E-state index contributed by atoms with van der Waals surface area (Å²) in [5.74, 6) is 0.142. The van der Waals surface area contributed by atoms with Gasteiger partial charge >= 0.3 is 6.09 Å². The molecule has 1 aromatic heterocycles. The third-order valence-corrected chi connectivity index (χ3v) is 10.6. The quantitative estimate of drug-likeness (QED) is 0.189. The van der Waals surface area contributed by atoms with Crippen molar-refractivity contribution in [3.05, 3.63) is 82.7 Å². The van der Waals surface area contributed by atoms with E-state index < -0.39 is 37.8 Å². The molecule has 2 aromatic carbocycles. The van der Waals surface area contributed by atoms with E-state index in [4.69, 9.17) is 18.9 Å². The molecule has 282 valence electrons. The van der Waals surface area contributed by atoms with Crippen LogP contribution < -0.4 is 10.1 Å². The van der Waals surface area contributed by atoms with E-state index in [0.29, 0.717) is 62.9 Å². The Kier molecular flexibility index (Phi) is 12.8. The number of aliphatic hydroxyl groups excluding tert-OH is 1. The number of nitrogens with one attached hydrogen (secondary N) is 1. The predicted molar refractivity (Wildman–Crippen MR) is 198 cm³/mol. The van der Waals surface area contributed by atoms with Gasteiger partial charge in [0.2, 0.25) is 0 Å². The van der Waals surface area contributed by atoms with Crippen molar-refractivity contribution in [3.63, 3.8) is 0 Å². The van der Waals surface area contributed by atoms with E-state index >= 15 is 0 Å². The van der Waals surface area contributed by atoms with Crippen LogP contribution in [0.3, 0.4) is 0 Å². The Morgan fingerprint density at radius 1 is 1.04 bits per heavy atom. The lowest BCUT2D eigenvalue weighted by Crippen LogP contribution is -2.54. The van der Waals surface area contributed by atoms with E-state index in [0.717, 1.165) is 29.3 Å². The number of hydrogen-bond acceptors (Lipinski definition) is 9. The van der Waals surface area contributed by atoms with Crippen molar-refractivity contribution in [1.29, 1.82) is 0 Å². The largest absolute Gasteiger partial charge is 0.489 e. The Balaban J connectivity index is 1.19. The topological polar surface area (TPSA) is 145 Å². The number of fused-ring (bicyclic) bond motifs is 1. The summed E-state index contributed by atoms with van der Waals surface area (Å²) in [5.41, 5.74) is 2.86. The van der Waals surface area contributed by atoms with Crippen molar-refractivity contribution in [2.24, 2.45) is 0 Å². The second-order valence-corrected chi connectivity index (χ2v) is 21.2. The van der Waals surface area contributed by atoms with Crippen molar-refractivity contribution in [3.8, 4) is 5.75 Å². The van der Waals surface area contributed by atoms with Crippen molar-refractivity contribution in [2.75, 3.05) is 39.5 Å². The van der Waals surface area contributed by atoms with Crippen LogP contribution in [0, 0.1) is 0 Å². The lowest BCUT2D eigenvalue weighted by molar-refractivity contribution is -0.0113. The first kappa shape index (κ1) is 39.0. The van der Waals surface area contributed by atoms with Crippen LogP contribution >= 0.6 is 0 Å². The number of rotatable bonds is 13. The van der Waals surface area contributed by atoms with E-state index in [1.54, 1.807) is 60.8 Å². The molecule has 2 N–H and O–H groups in total. The highest BCUT2D eigenvalue weighted by atomic mass is 28.3. The summed E-state index contributed by atoms with van der Waals surface area (Å²) >= 11 is 0. The molecule has 0 spiro atoms. The van der Waals surface area contributed by atoms with Gasteiger partial charge in [-0.05, 0) is 80.8 Å². The first-order valence-corrected chi connectivity index (χ1v) is 21.6. The van der Waals surface area contributed by atoms with Gasteiger partial charge in [-0.2, -0.15) is 5.10 Å². The summed E-state index contributed by atoms with van der Waals surface area (Å²) in [6.45, 7) is 16.0. The fourth-order valence-electron chi connectivity index (χ4n) is 5.94. The fraction of sp³-hybridized carbons (Fsp3) is 0.526. The summed E-state index contributed by atoms with van der Waals surface area (Å²) < 4.78 is 24.7. The van der Waals surface area contributed by atoms with Gasteiger partial charge in [0.05, 0.1) is 31.6 Å². The van der Waals surface area contributed by atoms with Crippen LogP contribution in [0.1, 0.15) is 58.2 Å². The summed E-state index contributed by atoms with van der Waals surface area (Å²) in [7, 11) is -1.15. The van der Waals surface area contributed by atoms with Gasteiger partial charge in [0.25, 0.3) is 11.8 Å². The zero-order chi connectivity index (χ0) is 37.5. The average Bonchev–Trinajstić information content (AvgIpc) is 3.57. The number of aliphatic hydroxyl groups is 1. The molecule has 2 aliphatic heterocycles. The standard InChI is InChI=1S/C38H53N5O8Si/c1-38(2,3)51-37(47)43-24-31-19-32(50-25-27-21-40-42(23-27)26-49-17-18-52(4,5)6)12-11-30(31)20-33(43)34(44)22-39-35(45)28-7-9-29(10-8-28)36(46)41-13-15-48-16-14-41/h7-12,19,21,23,33-34,44H,13-18,20,22,24-26H2,1-6H3,(H,39,45)/t33-,34+/m0/s1. The molecule has 3 amide bonds. The lowest BCUT2D eigenvalue weighted by atomic mass is 9.91. The summed E-state index contributed by atoms with van der Waals surface area (Å²) in [6.07, 6.45) is 2.38. The molecular weight excluding hydrogens is 683 g/mol. The second-order valence-electron chi connectivity index (χ2n) is 15.6. The zero-order valence-corrected chi connectivity index (χ0v) is 32.2. The second kappa shape index (κ2) is 17.1. The van der Waals surface area contributed by atoms with Gasteiger partial charge in [-0.3, -0.25) is 14.5 Å². The van der Waals surface area contributed by atoms with Crippen molar-refractivity contribution < 1.29 is 38.4 Å². The number of morpholine rings is 1. The number of hydrogen-bond donors (Lipinski definition) is 2. The molecule has 3 aromatic rings. The van der Waals surface area contributed by atoms with Crippen LogP contribution in [0.25, 0.3) is 0 Å². The third-order valence-electron chi connectivity index (χ3n) is 8.90. The molecule has 14 heteroatoms. The van der Waals surface area contributed by atoms with Gasteiger partial charge < -0.3 is 34.3 Å². The molecule has 3 heterocycles. The lowest BCUT2D eigenvalue weighted by Gasteiger charge is -2.40. The number of ether oxygens (including phenoxy) is 4. The SMILES string of the molecule is CC(C)(C)OC(=O)N1Cc2cc(OCc3cnn(COCC[Si](C)(C)C)c3)ccc2C[C@H]1[C@H](O)CNC(=O)c1ccc(C(=O)N2CCOCC2)cc1. The van der Waals surface area contributed by atoms with Crippen LogP contribution in [0.2, 0.25) is 25.7 Å². The Labute approximate surface area is 307 Å². The maximum atomic E-state index is 13.5. The van der Waals surface area contributed by atoms with Gasteiger partial charge in [-0.15, -0.1) is 0 Å². The van der Waals surface area contributed by atoms with E-state index in [-0.39, 0.29) is 19.0 Å². The predicted octanol–water partition coefficient (Wildman–Crippen LogP) is 4.70. The number of nitrogens with zero attached hydrogens (tertiary/aromatic N) is 4. The van der Waals surface area contributed by atoms with E-state index in [1.165, 1.54) is 4.90 Å². The van der Waals surface area contributed by atoms with Gasteiger partial charge in [-0.25, -0.2) is 9.48 Å². The van der Waals surface area contributed by atoms with Gasteiger partial charge in [-0.1, -0.05) is 25.7 Å². The molecular formula is C38H53N5O8Si.